The van der Waals surface area contributed by atoms with Gasteiger partial charge in [0.1, 0.15) is 13.2 Å². The fraction of sp³-hybridized carbons (Fsp3) is 0.304. The Labute approximate surface area is 203 Å². The number of benzene rings is 2. The molecule has 2 aromatic carbocycles. The van der Waals surface area contributed by atoms with Crippen molar-refractivity contribution in [1.29, 1.82) is 0 Å². The minimum Gasteiger partial charge on any atom is -0.493 e. The number of hydrazone groups is 1. The van der Waals surface area contributed by atoms with Gasteiger partial charge in [0.2, 0.25) is 10.0 Å². The summed E-state index contributed by atoms with van der Waals surface area (Å²) in [5, 5.41) is 3.94. The van der Waals surface area contributed by atoms with E-state index in [1.807, 2.05) is 26.0 Å². The number of carbonyl (C=O) groups excluding carboxylic acids is 1. The summed E-state index contributed by atoms with van der Waals surface area (Å²) in [7, 11) is -2.16. The molecule has 0 radical (unpaired) electrons. The molecule has 33 heavy (non-hydrogen) atoms. The van der Waals surface area contributed by atoms with Crippen LogP contribution in [0.5, 0.6) is 11.5 Å². The molecule has 1 amide bonds. The van der Waals surface area contributed by atoms with Crippen molar-refractivity contribution >= 4 is 43.8 Å². The van der Waals surface area contributed by atoms with Gasteiger partial charge in [-0.3, -0.25) is 9.10 Å². The first-order valence-electron chi connectivity index (χ1n) is 10.1. The monoisotopic (exact) mass is 537 g/mol. The highest BCUT2D eigenvalue weighted by atomic mass is 79.9. The van der Waals surface area contributed by atoms with Crippen LogP contribution in [-0.2, 0) is 14.8 Å². The Morgan fingerprint density at radius 1 is 1.27 bits per heavy atom. The molecule has 0 heterocycles. The molecule has 0 aliphatic carbocycles. The predicted molar refractivity (Wildman–Crippen MR) is 135 cm³/mol. The Hall–Kier alpha value is -2.85. The Bertz CT molecular complexity index is 1120. The van der Waals surface area contributed by atoms with Crippen LogP contribution in [0.3, 0.4) is 0 Å². The van der Waals surface area contributed by atoms with Crippen LogP contribution in [0.25, 0.3) is 0 Å². The summed E-state index contributed by atoms with van der Waals surface area (Å²) < 4.78 is 37.1. The Kier molecular flexibility index (Phi) is 9.48. The molecule has 0 aromatic heterocycles. The average molecular weight is 538 g/mol. The molecular weight excluding hydrogens is 510 g/mol. The summed E-state index contributed by atoms with van der Waals surface area (Å²) in [6.07, 6.45) is 4.10. The SMILES string of the molecule is C=CCOc1c(Br)cc(/C=N\NC(=O)CN(c2ccc(C(C)C)cc2)S(C)(=O)=O)cc1OC. The van der Waals surface area contributed by atoms with Crippen LogP contribution >= 0.6 is 15.9 Å². The molecule has 10 heteroatoms. The summed E-state index contributed by atoms with van der Waals surface area (Å²) in [5.74, 6) is 0.726. The molecule has 0 aliphatic rings. The van der Waals surface area contributed by atoms with Gasteiger partial charge in [0, 0.05) is 0 Å². The first kappa shape index (κ1) is 26.4. The summed E-state index contributed by atoms with van der Waals surface area (Å²) >= 11 is 3.42. The highest BCUT2D eigenvalue weighted by Gasteiger charge is 2.21. The molecule has 0 bridgehead atoms. The molecule has 2 aromatic rings. The highest BCUT2D eigenvalue weighted by Crippen LogP contribution is 2.36. The first-order valence-corrected chi connectivity index (χ1v) is 12.7. The molecule has 2 rings (SSSR count). The van der Waals surface area contributed by atoms with Gasteiger partial charge in [-0.2, -0.15) is 5.10 Å². The van der Waals surface area contributed by atoms with E-state index in [-0.39, 0.29) is 0 Å². The number of methoxy groups -OCH3 is 1. The van der Waals surface area contributed by atoms with Crippen molar-refractivity contribution in [2.45, 2.75) is 19.8 Å². The van der Waals surface area contributed by atoms with E-state index >= 15 is 0 Å². The van der Waals surface area contributed by atoms with Gasteiger partial charge in [0.15, 0.2) is 11.5 Å². The Balaban J connectivity index is 2.12. The van der Waals surface area contributed by atoms with Crippen molar-refractivity contribution in [3.63, 3.8) is 0 Å². The Morgan fingerprint density at radius 2 is 1.94 bits per heavy atom. The maximum atomic E-state index is 12.4. The number of anilines is 1. The third-order valence-corrected chi connectivity index (χ3v) is 6.27. The van der Waals surface area contributed by atoms with E-state index in [9.17, 15) is 13.2 Å². The molecule has 0 fully saturated rings. The first-order chi connectivity index (χ1) is 15.6. The third-order valence-electron chi connectivity index (χ3n) is 4.54. The molecule has 0 spiro atoms. The number of halogens is 1. The zero-order valence-corrected chi connectivity index (χ0v) is 21.4. The number of nitrogens with zero attached hydrogens (tertiary/aromatic N) is 2. The average Bonchev–Trinajstić information content (AvgIpc) is 2.75. The minimum absolute atomic E-state index is 0.310. The second kappa shape index (κ2) is 11.9. The molecular formula is C23H28BrN3O5S. The molecule has 0 saturated heterocycles. The molecule has 0 unspecified atom stereocenters. The number of ether oxygens (including phenoxy) is 2. The van der Waals surface area contributed by atoms with E-state index in [0.717, 1.165) is 16.1 Å². The number of hydrogen-bond donors (Lipinski definition) is 1. The second-order valence-corrected chi connectivity index (χ2v) is 10.2. The summed E-state index contributed by atoms with van der Waals surface area (Å²) in [5.41, 5.74) is 4.48. The summed E-state index contributed by atoms with van der Waals surface area (Å²) in [6.45, 7) is 7.62. The van der Waals surface area contributed by atoms with Crippen molar-refractivity contribution in [2.75, 3.05) is 30.8 Å². The van der Waals surface area contributed by atoms with E-state index in [1.165, 1.54) is 13.3 Å². The van der Waals surface area contributed by atoms with Gasteiger partial charge in [-0.25, -0.2) is 13.8 Å². The molecule has 0 atom stereocenters. The van der Waals surface area contributed by atoms with Gasteiger partial charge in [-0.1, -0.05) is 38.6 Å². The largest absolute Gasteiger partial charge is 0.493 e. The summed E-state index contributed by atoms with van der Waals surface area (Å²) in [4.78, 5) is 12.4. The fourth-order valence-corrected chi connectivity index (χ4v) is 4.30. The number of sulfonamides is 1. The standard InChI is InChI=1S/C23H28BrN3O5S/c1-6-11-32-23-20(24)12-17(13-21(23)31-4)14-25-26-22(28)15-27(33(5,29)30)19-9-7-18(8-10-19)16(2)3/h6-10,12-14,16H,1,11,15H2,2-5H3,(H,26,28)/b25-14-. The minimum atomic E-state index is -3.67. The fourth-order valence-electron chi connectivity index (χ4n) is 2.87. The maximum absolute atomic E-state index is 12.4. The van der Waals surface area contributed by atoms with Crippen molar-refractivity contribution in [2.24, 2.45) is 5.10 Å². The lowest BCUT2D eigenvalue weighted by Gasteiger charge is -2.21. The van der Waals surface area contributed by atoms with Crippen LogP contribution in [-0.4, -0.2) is 47.1 Å². The molecule has 1 N–H and O–H groups in total. The molecule has 178 valence electrons. The van der Waals surface area contributed by atoms with Crippen LogP contribution in [0.1, 0.15) is 30.9 Å². The molecule has 0 aliphatic heterocycles. The third kappa shape index (κ3) is 7.61. The lowest BCUT2D eigenvalue weighted by atomic mass is 10.0. The number of hydrogen-bond acceptors (Lipinski definition) is 6. The topological polar surface area (TPSA) is 97.3 Å². The number of carbonyl (C=O) groups is 1. The maximum Gasteiger partial charge on any atom is 0.260 e. The van der Waals surface area contributed by atoms with Crippen LogP contribution in [0.4, 0.5) is 5.69 Å². The van der Waals surface area contributed by atoms with E-state index in [0.29, 0.717) is 39.7 Å². The van der Waals surface area contributed by atoms with E-state index in [2.05, 4.69) is 33.0 Å². The predicted octanol–water partition coefficient (Wildman–Crippen LogP) is 4.06. The number of nitrogens with one attached hydrogen (secondary N) is 1. The zero-order valence-electron chi connectivity index (χ0n) is 19.0. The quantitative estimate of drug-likeness (QED) is 0.265. The van der Waals surface area contributed by atoms with Crippen LogP contribution < -0.4 is 19.2 Å². The normalized spacial score (nSPS) is 11.5. The highest BCUT2D eigenvalue weighted by molar-refractivity contribution is 9.10. The van der Waals surface area contributed by atoms with Gasteiger partial charge >= 0.3 is 0 Å². The van der Waals surface area contributed by atoms with E-state index in [1.54, 1.807) is 30.3 Å². The van der Waals surface area contributed by atoms with Gasteiger partial charge in [-0.05, 0) is 57.2 Å². The van der Waals surface area contributed by atoms with Gasteiger partial charge in [-0.15, -0.1) is 0 Å². The van der Waals surface area contributed by atoms with Crippen molar-refractivity contribution in [3.05, 3.63) is 64.7 Å². The Morgan fingerprint density at radius 3 is 2.48 bits per heavy atom. The van der Waals surface area contributed by atoms with E-state index in [4.69, 9.17) is 9.47 Å². The lowest BCUT2D eigenvalue weighted by molar-refractivity contribution is -0.119. The molecule has 0 saturated carbocycles. The van der Waals surface area contributed by atoms with Crippen LogP contribution in [0.15, 0.2) is 58.6 Å². The van der Waals surface area contributed by atoms with Gasteiger partial charge in [0.25, 0.3) is 5.91 Å². The number of amides is 1. The van der Waals surface area contributed by atoms with Gasteiger partial charge in [0.05, 0.1) is 29.7 Å². The number of rotatable bonds is 11. The van der Waals surface area contributed by atoms with Crippen LogP contribution in [0, 0.1) is 0 Å². The summed E-state index contributed by atoms with van der Waals surface area (Å²) in [6, 6.07) is 10.5. The lowest BCUT2D eigenvalue weighted by Crippen LogP contribution is -2.39. The van der Waals surface area contributed by atoms with Crippen molar-refractivity contribution < 1.29 is 22.7 Å². The van der Waals surface area contributed by atoms with E-state index < -0.39 is 22.5 Å². The van der Waals surface area contributed by atoms with Crippen molar-refractivity contribution in [1.82, 2.24) is 5.43 Å². The second-order valence-electron chi connectivity index (χ2n) is 7.44. The zero-order chi connectivity index (χ0) is 24.6. The molecule has 8 nitrogen and oxygen atoms in total. The van der Waals surface area contributed by atoms with Crippen molar-refractivity contribution in [3.8, 4) is 11.5 Å². The smallest absolute Gasteiger partial charge is 0.260 e. The van der Waals surface area contributed by atoms with Crippen LogP contribution in [0.2, 0.25) is 0 Å². The van der Waals surface area contributed by atoms with Gasteiger partial charge < -0.3 is 9.47 Å².